The molecular weight excluding hydrogens is 1610 g/mol. The van der Waals surface area contributed by atoms with Gasteiger partial charge in [0.25, 0.3) is 0 Å². The monoisotopic (exact) mass is 1650 g/mol. The maximum atomic E-state index is 12.8. The van der Waals surface area contributed by atoms with E-state index in [9.17, 15) is 141 Å². The molecule has 0 saturated carbocycles. The predicted octanol–water partition coefficient (Wildman–Crippen LogP) is -44.4. The fourth-order valence-corrected chi connectivity index (χ4v) is 12.3. The van der Waals surface area contributed by atoms with Gasteiger partial charge in [-0.1, -0.05) is 0 Å². The number of ether oxygens (including phenoxy) is 11. The van der Waals surface area contributed by atoms with Crippen molar-refractivity contribution in [3.8, 4) is 0 Å². The van der Waals surface area contributed by atoms with E-state index in [2.05, 4.69) is 20.9 Å². The Kier molecular flexibility index (Phi) is 50.5. The third kappa shape index (κ3) is 32.7. The molecule has 0 aliphatic carbocycles. The van der Waals surface area contributed by atoms with E-state index in [0.717, 1.165) is 4.72 Å². The van der Waals surface area contributed by atoms with Crippen molar-refractivity contribution in [3.05, 3.63) is 0 Å². The zero-order valence-electron chi connectivity index (χ0n) is 51.8. The Hall–Kier alpha value is 5.70. The number of hydrogen-bond acceptors (Lipinski definition) is 47. The van der Waals surface area contributed by atoms with Crippen LogP contribution in [-0.4, -0.2) is 315 Å². The van der Waals surface area contributed by atoms with Crippen molar-refractivity contribution < 1.29 is 480 Å². The van der Waals surface area contributed by atoms with Crippen molar-refractivity contribution in [1.82, 2.24) is 14.8 Å². The number of hydrogen-bond donors (Lipinski definition) is 8. The van der Waals surface area contributed by atoms with Crippen LogP contribution in [0.25, 0.3) is 0 Å². The van der Waals surface area contributed by atoms with Crippen molar-refractivity contribution >= 4 is 90.6 Å². The Balaban J connectivity index is -0.00000491. The smallest absolute Gasteiger partial charge is 0.735 e. The first-order valence-electron chi connectivity index (χ1n) is 23.3. The van der Waals surface area contributed by atoms with Crippen LogP contribution in [0.4, 0.5) is 4.79 Å². The maximum Gasteiger partial charge on any atom is 1.00 e. The van der Waals surface area contributed by atoms with Crippen LogP contribution in [0.3, 0.4) is 0 Å². The molecular formula is C32H42N3Na9O47S7. The summed E-state index contributed by atoms with van der Waals surface area (Å²) >= 11 is 0. The second-order valence-corrected chi connectivity index (χ2v) is 25.9. The molecule has 6 rings (SSSR count). The van der Waals surface area contributed by atoms with Crippen LogP contribution in [0.15, 0.2) is 0 Å². The van der Waals surface area contributed by atoms with Crippen molar-refractivity contribution in [2.75, 3.05) is 26.9 Å². The molecule has 25 atom stereocenters. The summed E-state index contributed by atoms with van der Waals surface area (Å²) in [6.45, 7) is -5.12. The van der Waals surface area contributed by atoms with Gasteiger partial charge in [0.1, 0.15) is 110 Å². The second kappa shape index (κ2) is 45.0. The fourth-order valence-electron chi connectivity index (χ4n) is 9.21. The average Bonchev–Trinajstić information content (AvgIpc) is 0.988. The number of carboxylic acids is 2. The average molecular weight is 1650 g/mol. The number of methoxy groups -OCH3 is 1. The molecule has 6 aliphatic rings. The third-order valence-electron chi connectivity index (χ3n) is 12.6. The van der Waals surface area contributed by atoms with Gasteiger partial charge in [-0.3, -0.25) is 20.9 Å². The molecule has 6 fully saturated rings. The number of nitrogens with one attached hydrogen (secondary N) is 3. The van der Waals surface area contributed by atoms with Crippen molar-refractivity contribution in [2.24, 2.45) is 0 Å². The van der Waals surface area contributed by atoms with Crippen molar-refractivity contribution in [2.45, 2.75) is 153 Å². The zero-order chi connectivity index (χ0) is 67.2. The number of rotatable bonds is 28. The predicted molar refractivity (Wildman–Crippen MR) is 236 cm³/mol. The molecule has 0 radical (unpaired) electrons. The van der Waals surface area contributed by atoms with E-state index in [4.69, 9.17) is 52.1 Å². The van der Waals surface area contributed by atoms with Gasteiger partial charge in [-0.15, -0.1) is 0 Å². The minimum absolute atomic E-state index is 0. The van der Waals surface area contributed by atoms with Gasteiger partial charge in [0.15, 0.2) is 64.3 Å². The molecule has 98 heavy (non-hydrogen) atoms. The first kappa shape index (κ1) is 110. The number of carbonyl (C=O) groups excluding carboxylic acids is 3. The topological polar surface area (TPSA) is 783 Å². The molecule has 0 unspecified atom stereocenters. The number of aliphatic carboxylic acids is 2. The van der Waals surface area contributed by atoms with Crippen LogP contribution in [-0.2, 0) is 155 Å². The molecule has 518 valence electrons. The Morgan fingerprint density at radius 2 is 0.806 bits per heavy atom. The normalized spacial score (nSPS) is 35.9. The number of carbonyl (C=O) groups is 3. The van der Waals surface area contributed by atoms with Crippen LogP contribution in [0.1, 0.15) is 0 Å². The Morgan fingerprint density at radius 3 is 1.24 bits per heavy atom. The molecule has 8 N–H and O–H groups in total. The van der Waals surface area contributed by atoms with E-state index in [1.54, 1.807) is 0 Å². The Morgan fingerprint density at radius 1 is 0.429 bits per heavy atom. The molecule has 1 amide bonds. The minimum atomic E-state index is -6.62. The number of aliphatic hydroxyl groups excluding tert-OH is 5. The SMILES string of the molecule is CO[C@H]1O[C@H](COS(=O)(=O)[O-])[C@@H](O[C@@H]2O[C@@H](C(=O)[O-])[C@@H](O[C@H]3O[C@H](COS(=O)(=O)[O-])[C@@H](O[C@@H]4O[C@H](C(=O)[O-])[C@@H](O[C@H]5O[C@H](COS(=O)(=O)[O-])[C@@H](O)[C@@H]6OC(=O)N[C@@H]56)[C@H](O)[C@H]4O)[C@H](OS(=O)(=O)[O-])[C@H]3NS(=O)(=O)[O-])[C@H](O)[C@H]2OS(=O)(=O)[O-])[C@H](O)[C@H]1NS(=O)(=O)[O-].[Na+].[Na+].[Na+].[Na+].[Na+].[Na+].[Na+].[Na+].[Na+]. The summed E-state index contributed by atoms with van der Waals surface area (Å²) in [5, 5.41) is 83.8. The summed E-state index contributed by atoms with van der Waals surface area (Å²) in [7, 11) is -42.1. The number of carboxylic acid groups (broad SMARTS) is 2. The summed E-state index contributed by atoms with van der Waals surface area (Å²) in [4.78, 5) is 37.7. The first-order chi connectivity index (χ1) is 40.5. The molecule has 0 aromatic rings. The zero-order valence-corrected chi connectivity index (χ0v) is 75.5. The van der Waals surface area contributed by atoms with Crippen LogP contribution in [0, 0.1) is 0 Å². The largest absolute Gasteiger partial charge is 1.00 e. The van der Waals surface area contributed by atoms with Crippen LogP contribution in [0.2, 0.25) is 0 Å². The molecule has 0 aromatic heterocycles. The van der Waals surface area contributed by atoms with E-state index in [0.29, 0.717) is 7.11 Å². The van der Waals surface area contributed by atoms with Gasteiger partial charge >= 0.3 is 272 Å². The summed E-state index contributed by atoms with van der Waals surface area (Å²) in [6.07, 6.45) is -64.1. The van der Waals surface area contributed by atoms with Gasteiger partial charge in [-0.2, -0.15) is 0 Å². The number of alkyl carbamates (subject to hydrolysis) is 1. The third-order valence-corrected chi connectivity index (χ3v) is 15.9. The van der Waals surface area contributed by atoms with Gasteiger partial charge in [-0.25, -0.2) is 73.2 Å². The van der Waals surface area contributed by atoms with E-state index in [1.165, 1.54) is 4.72 Å². The number of aliphatic hydroxyl groups is 5. The Bertz CT molecular complexity index is 3400. The molecule has 0 bridgehead atoms. The van der Waals surface area contributed by atoms with Crippen LogP contribution >= 0.6 is 0 Å². The van der Waals surface area contributed by atoms with Crippen LogP contribution in [0.5, 0.6) is 0 Å². The van der Waals surface area contributed by atoms with E-state index >= 15 is 0 Å². The number of amides is 1. The fraction of sp³-hybridized carbons (Fsp3) is 0.906. The minimum Gasteiger partial charge on any atom is -0.735 e. The van der Waals surface area contributed by atoms with Crippen molar-refractivity contribution in [3.63, 3.8) is 0 Å². The van der Waals surface area contributed by atoms with Gasteiger partial charge in [0.05, 0.1) is 31.8 Å². The molecule has 0 aromatic carbocycles. The van der Waals surface area contributed by atoms with Gasteiger partial charge in [0.2, 0.25) is 52.0 Å². The quantitative estimate of drug-likeness (QED) is 0.0205. The van der Waals surface area contributed by atoms with Crippen LogP contribution < -0.4 is 291 Å². The second-order valence-electron chi connectivity index (χ2n) is 18.5. The van der Waals surface area contributed by atoms with E-state index in [-0.39, 0.29) is 266 Å². The Labute approximate surface area is 753 Å². The summed E-state index contributed by atoms with van der Waals surface area (Å²) in [5.41, 5.74) is 0. The summed E-state index contributed by atoms with van der Waals surface area (Å²) in [5.74, 6) is -5.35. The molecule has 6 aliphatic heterocycles. The van der Waals surface area contributed by atoms with E-state index < -0.39 is 264 Å². The van der Waals surface area contributed by atoms with Gasteiger partial charge in [0, 0.05) is 7.11 Å². The molecule has 6 heterocycles. The maximum absolute atomic E-state index is 12.8. The summed E-state index contributed by atoms with van der Waals surface area (Å²) in [6, 6.07) is -7.61. The van der Waals surface area contributed by atoms with Gasteiger partial charge < -0.3 is 135 Å². The van der Waals surface area contributed by atoms with E-state index in [1.807, 2.05) is 5.32 Å². The summed E-state index contributed by atoms with van der Waals surface area (Å²) < 4.78 is 330. The number of fused-ring (bicyclic) bond motifs is 1. The van der Waals surface area contributed by atoms with Gasteiger partial charge in [-0.05, 0) is 0 Å². The van der Waals surface area contributed by atoms with Crippen molar-refractivity contribution in [1.29, 1.82) is 0 Å². The molecule has 66 heteroatoms. The molecule has 0 spiro atoms. The first-order valence-corrected chi connectivity index (χ1v) is 32.8. The standard InChI is InChI=1S/C32H51N3O47S7.9Na/c1-67-27-8(34-83(46,47)48)12(37)16(6(72-27)3-69-86(55,56)57)74-31-22(82-89(64,65)66)15(40)21(24(79-31)26(43)44)77-29-10(35-84(49,50)51)19(81-88(61,62)63)17(7(73-29)4-70-87(58,59)60)75-30-14(39)13(38)20(23(78-30)25(41)42)76-28-9-18(80-32(45)33-9)11(36)5(71-28)2-68-85(52,53)54;;;;;;;;;/h5-24,27-31,34-40H,2-4H2,1H3,(H,33,45)(H,41,42)(H,43,44)(H,46,47,48)(H,49,50,51)(H,52,53,54)(H,55,56,57)(H,58,59,60)(H,61,62,63)(H,64,65,66);;;;;;;;;/q;9*+1/p-9/t5-,6-,7-,8-,9-,10-,11-,12-,13-,14-,15+,16-,17-,18-,19-,20+,21+,22-,23+,24-,27+,28-,29-,30-,31-;;;;;;;;;/m1........./s1. The molecule has 6 saturated heterocycles. The molecule has 50 nitrogen and oxygen atoms in total.